The molecule has 0 amide bonds. The molecule has 0 aliphatic carbocycles. The Hall–Kier alpha value is -4.30. The van der Waals surface area contributed by atoms with Gasteiger partial charge in [-0.3, -0.25) is 9.59 Å². The number of nitrogens with zero attached hydrogens (tertiary/aromatic N) is 1. The van der Waals surface area contributed by atoms with Gasteiger partial charge in [-0.15, -0.1) is 0 Å². The van der Waals surface area contributed by atoms with Crippen molar-refractivity contribution >= 4 is 46.6 Å². The minimum absolute atomic E-state index is 0.0478. The van der Waals surface area contributed by atoms with E-state index in [1.54, 1.807) is 19.1 Å². The second kappa shape index (κ2) is 14.5. The van der Waals surface area contributed by atoms with Crippen molar-refractivity contribution < 1.29 is 33.7 Å². The molecule has 4 rings (SSSR count). The lowest BCUT2D eigenvalue weighted by Gasteiger charge is -2.11. The predicted octanol–water partition coefficient (Wildman–Crippen LogP) is 7.64. The average Bonchev–Trinajstić information content (AvgIpc) is 3.30. The van der Waals surface area contributed by atoms with Crippen LogP contribution in [0.3, 0.4) is 0 Å². The summed E-state index contributed by atoms with van der Waals surface area (Å²) in [7, 11) is 0. The van der Waals surface area contributed by atoms with Gasteiger partial charge in [0.15, 0.2) is 11.6 Å². The van der Waals surface area contributed by atoms with Gasteiger partial charge < -0.3 is 24.3 Å². The molecule has 9 heteroatoms. The van der Waals surface area contributed by atoms with Gasteiger partial charge in [0.05, 0.1) is 24.7 Å². The van der Waals surface area contributed by atoms with Crippen molar-refractivity contribution in [2.24, 2.45) is 0 Å². The van der Waals surface area contributed by atoms with Gasteiger partial charge in [0.1, 0.15) is 5.75 Å². The molecule has 0 saturated carbocycles. The standard InChI is InChI=1S/C33H33ClFNO6/c1-22-9-16-27(34)33(32(22)35)42-19-3-2-18-41-26-14-11-23(12-15-26)10-13-24-6-4-7-28-31(24)25(20-30(39)40)21-36(28)17-5-8-29(37)38/h4,6-7,9-16,21H,2-3,5,8,17-20H2,1H3,(H,37,38)(H,39,40)/b13-10+. The number of carboxylic acid groups (broad SMARTS) is 2. The van der Waals surface area contributed by atoms with Gasteiger partial charge in [-0.1, -0.05) is 54.1 Å². The predicted molar refractivity (Wildman–Crippen MR) is 162 cm³/mol. The van der Waals surface area contributed by atoms with E-state index in [2.05, 4.69) is 0 Å². The van der Waals surface area contributed by atoms with Gasteiger partial charge in [-0.25, -0.2) is 4.39 Å². The molecule has 0 spiro atoms. The third-order valence-corrected chi connectivity index (χ3v) is 7.08. The molecular formula is C33H33ClFNO6. The Kier molecular flexibility index (Phi) is 10.6. The van der Waals surface area contributed by atoms with E-state index >= 15 is 0 Å². The Morgan fingerprint density at radius 2 is 1.67 bits per heavy atom. The second-order valence-electron chi connectivity index (χ2n) is 9.97. The highest BCUT2D eigenvalue weighted by atomic mass is 35.5. The quantitative estimate of drug-likeness (QED) is 0.109. The van der Waals surface area contributed by atoms with Crippen molar-refractivity contribution in [2.75, 3.05) is 13.2 Å². The smallest absolute Gasteiger partial charge is 0.307 e. The number of hydrogen-bond donors (Lipinski definition) is 2. The minimum atomic E-state index is -0.925. The van der Waals surface area contributed by atoms with Crippen LogP contribution in [-0.2, 0) is 22.6 Å². The van der Waals surface area contributed by atoms with Crippen molar-refractivity contribution in [1.82, 2.24) is 4.57 Å². The first-order chi connectivity index (χ1) is 20.2. The lowest BCUT2D eigenvalue weighted by Crippen LogP contribution is -2.04. The van der Waals surface area contributed by atoms with Crippen LogP contribution in [0.15, 0.2) is 60.8 Å². The van der Waals surface area contributed by atoms with Crippen LogP contribution in [-0.4, -0.2) is 39.9 Å². The van der Waals surface area contributed by atoms with E-state index < -0.39 is 17.8 Å². The zero-order valence-corrected chi connectivity index (χ0v) is 24.1. The topological polar surface area (TPSA) is 98.0 Å². The van der Waals surface area contributed by atoms with E-state index in [4.69, 9.17) is 26.2 Å². The van der Waals surface area contributed by atoms with Gasteiger partial charge in [0.2, 0.25) is 0 Å². The molecule has 42 heavy (non-hydrogen) atoms. The van der Waals surface area contributed by atoms with Gasteiger partial charge >= 0.3 is 11.9 Å². The third-order valence-electron chi connectivity index (χ3n) is 6.78. The number of fused-ring (bicyclic) bond motifs is 1. The van der Waals surface area contributed by atoms with Crippen molar-refractivity contribution in [3.05, 3.63) is 93.9 Å². The van der Waals surface area contributed by atoms with Crippen molar-refractivity contribution in [2.45, 2.75) is 45.6 Å². The van der Waals surface area contributed by atoms with Crippen LogP contribution in [0.2, 0.25) is 5.02 Å². The summed E-state index contributed by atoms with van der Waals surface area (Å²) in [6.45, 7) is 2.97. The van der Waals surface area contributed by atoms with E-state index in [-0.39, 0.29) is 23.6 Å². The maximum absolute atomic E-state index is 14.2. The highest BCUT2D eigenvalue weighted by molar-refractivity contribution is 6.32. The number of unbranched alkanes of at least 4 members (excludes halogenated alkanes) is 1. The number of benzene rings is 3. The molecule has 0 aliphatic rings. The Bertz CT molecular complexity index is 1580. The molecule has 0 atom stereocenters. The highest BCUT2D eigenvalue weighted by Gasteiger charge is 2.14. The molecule has 220 valence electrons. The van der Waals surface area contributed by atoms with Gasteiger partial charge in [0, 0.05) is 30.1 Å². The molecule has 0 aliphatic heterocycles. The van der Waals surface area contributed by atoms with Crippen molar-refractivity contribution in [3.8, 4) is 11.5 Å². The summed E-state index contributed by atoms with van der Waals surface area (Å²) in [5, 5.41) is 19.5. The van der Waals surface area contributed by atoms with Crippen LogP contribution < -0.4 is 9.47 Å². The highest BCUT2D eigenvalue weighted by Crippen LogP contribution is 2.30. The second-order valence-corrected chi connectivity index (χ2v) is 10.4. The molecular weight excluding hydrogens is 561 g/mol. The largest absolute Gasteiger partial charge is 0.494 e. The number of halogens is 2. The van der Waals surface area contributed by atoms with Crippen LogP contribution in [0.25, 0.3) is 23.1 Å². The Labute approximate surface area is 248 Å². The molecule has 0 unspecified atom stereocenters. The van der Waals surface area contributed by atoms with Gasteiger partial charge in [-0.05, 0) is 72.7 Å². The molecule has 0 saturated heterocycles. The summed E-state index contributed by atoms with van der Waals surface area (Å²) >= 11 is 6.04. The number of carbonyl (C=O) groups is 2. The van der Waals surface area contributed by atoms with Gasteiger partial charge in [0.25, 0.3) is 0 Å². The number of aryl methyl sites for hydroxylation is 2. The molecule has 0 bridgehead atoms. The lowest BCUT2D eigenvalue weighted by molar-refractivity contribution is -0.137. The first-order valence-electron chi connectivity index (χ1n) is 13.8. The fourth-order valence-corrected chi connectivity index (χ4v) is 4.88. The summed E-state index contributed by atoms with van der Waals surface area (Å²) < 4.78 is 27.5. The van der Waals surface area contributed by atoms with Crippen LogP contribution in [0.1, 0.15) is 47.9 Å². The molecule has 2 N–H and O–H groups in total. The molecule has 0 fully saturated rings. The molecule has 0 radical (unpaired) electrons. The number of ether oxygens (including phenoxy) is 2. The Morgan fingerprint density at radius 1 is 0.929 bits per heavy atom. The molecule has 1 heterocycles. The van der Waals surface area contributed by atoms with Crippen molar-refractivity contribution in [1.29, 1.82) is 0 Å². The monoisotopic (exact) mass is 593 g/mol. The summed E-state index contributed by atoms with van der Waals surface area (Å²) in [5.74, 6) is -1.40. The fraction of sp³-hybridized carbons (Fsp3) is 0.273. The lowest BCUT2D eigenvalue weighted by atomic mass is 10.0. The van der Waals surface area contributed by atoms with Crippen LogP contribution in [0.5, 0.6) is 11.5 Å². The first kappa shape index (κ1) is 30.7. The zero-order chi connectivity index (χ0) is 30.1. The van der Waals surface area contributed by atoms with E-state index in [1.807, 2.05) is 65.4 Å². The Morgan fingerprint density at radius 3 is 2.38 bits per heavy atom. The maximum Gasteiger partial charge on any atom is 0.307 e. The number of carboxylic acids is 2. The van der Waals surface area contributed by atoms with Crippen LogP contribution >= 0.6 is 11.6 Å². The normalized spacial score (nSPS) is 11.3. The number of hydrogen-bond acceptors (Lipinski definition) is 4. The SMILES string of the molecule is Cc1ccc(Cl)c(OCCCCOc2ccc(/C=C/c3cccc4c3c(CC(=O)O)cn4CCCC(=O)O)cc2)c1F. The average molecular weight is 594 g/mol. The Balaban J connectivity index is 1.34. The van der Waals surface area contributed by atoms with E-state index in [9.17, 15) is 19.1 Å². The van der Waals surface area contributed by atoms with Crippen LogP contribution in [0.4, 0.5) is 4.39 Å². The van der Waals surface area contributed by atoms with Gasteiger partial charge in [-0.2, -0.15) is 0 Å². The number of aromatic nitrogens is 1. The third kappa shape index (κ3) is 8.13. The summed E-state index contributed by atoms with van der Waals surface area (Å²) in [5.41, 5.74) is 3.88. The number of rotatable bonds is 15. The molecule has 7 nitrogen and oxygen atoms in total. The fourth-order valence-electron chi connectivity index (χ4n) is 4.68. The van der Waals surface area contributed by atoms with Crippen molar-refractivity contribution in [3.63, 3.8) is 0 Å². The maximum atomic E-state index is 14.2. The molecule has 3 aromatic carbocycles. The van der Waals surface area contributed by atoms with Crippen LogP contribution in [0, 0.1) is 12.7 Å². The van der Waals surface area contributed by atoms with E-state index in [1.165, 1.54) is 0 Å². The minimum Gasteiger partial charge on any atom is -0.494 e. The zero-order valence-electron chi connectivity index (χ0n) is 23.3. The van der Waals surface area contributed by atoms with E-state index in [0.29, 0.717) is 43.7 Å². The van der Waals surface area contributed by atoms with E-state index in [0.717, 1.165) is 34.2 Å². The number of aliphatic carboxylic acids is 2. The molecule has 1 aromatic heterocycles. The summed E-state index contributed by atoms with van der Waals surface area (Å²) in [6.07, 6.45) is 7.51. The summed E-state index contributed by atoms with van der Waals surface area (Å²) in [4.78, 5) is 22.5. The molecule has 4 aromatic rings. The first-order valence-corrected chi connectivity index (χ1v) is 14.1. The summed E-state index contributed by atoms with van der Waals surface area (Å²) in [6, 6.07) is 16.7.